The third-order valence-corrected chi connectivity index (χ3v) is 6.51. The fourth-order valence-electron chi connectivity index (χ4n) is 3.35. The molecule has 0 bridgehead atoms. The number of nitrogens with one attached hydrogen (secondary N) is 1. The van der Waals surface area contributed by atoms with Crippen LogP contribution >= 0.6 is 27.3 Å². The van der Waals surface area contributed by atoms with E-state index >= 15 is 0 Å². The molecule has 2 amide bonds. The van der Waals surface area contributed by atoms with E-state index < -0.39 is 11.8 Å². The molecule has 1 aromatic heterocycles. The third kappa shape index (κ3) is 3.70. The summed E-state index contributed by atoms with van der Waals surface area (Å²) in [5.41, 5.74) is 2.28. The zero-order chi connectivity index (χ0) is 22.8. The van der Waals surface area contributed by atoms with Crippen molar-refractivity contribution in [2.75, 3.05) is 18.4 Å². The first-order valence-corrected chi connectivity index (χ1v) is 11.5. The van der Waals surface area contributed by atoms with Gasteiger partial charge in [-0.3, -0.25) is 14.5 Å². The number of imide groups is 1. The number of thiazole rings is 1. The van der Waals surface area contributed by atoms with Crippen molar-refractivity contribution in [3.05, 3.63) is 57.6 Å². The molecule has 1 N–H and O–H groups in total. The van der Waals surface area contributed by atoms with Crippen LogP contribution in [0.5, 0.6) is 0 Å². The fourth-order valence-corrected chi connectivity index (χ4v) is 4.90. The number of aromatic nitrogens is 1. The SMILES string of the molecule is CCNc1nc(-c2ccccc2)c(N=Nc2c(C#N)cc3c(c2Br)C(=O)N(CC)C3=O)s1. The summed E-state index contributed by atoms with van der Waals surface area (Å²) in [7, 11) is 0. The Balaban J connectivity index is 1.82. The van der Waals surface area contributed by atoms with E-state index in [1.807, 2.05) is 37.3 Å². The number of hydrogen-bond donors (Lipinski definition) is 1. The normalized spacial score (nSPS) is 13.0. The van der Waals surface area contributed by atoms with Gasteiger partial charge in [-0.05, 0) is 35.8 Å². The van der Waals surface area contributed by atoms with Gasteiger partial charge in [-0.2, -0.15) is 5.26 Å². The molecule has 8 nitrogen and oxygen atoms in total. The number of nitrogens with zero attached hydrogens (tertiary/aromatic N) is 5. The van der Waals surface area contributed by atoms with Gasteiger partial charge in [0.25, 0.3) is 11.8 Å². The molecule has 1 aliphatic heterocycles. The molecule has 32 heavy (non-hydrogen) atoms. The van der Waals surface area contributed by atoms with E-state index in [9.17, 15) is 14.9 Å². The van der Waals surface area contributed by atoms with Crippen molar-refractivity contribution in [3.63, 3.8) is 0 Å². The number of nitriles is 1. The summed E-state index contributed by atoms with van der Waals surface area (Å²) in [6.45, 7) is 4.64. The molecule has 0 radical (unpaired) electrons. The second kappa shape index (κ2) is 8.98. The summed E-state index contributed by atoms with van der Waals surface area (Å²) >= 11 is 4.72. The molecule has 3 aromatic rings. The highest BCUT2D eigenvalue weighted by atomic mass is 79.9. The molecule has 0 fully saturated rings. The molecule has 0 spiro atoms. The predicted molar refractivity (Wildman–Crippen MR) is 126 cm³/mol. The summed E-state index contributed by atoms with van der Waals surface area (Å²) in [5, 5.41) is 22.8. The monoisotopic (exact) mass is 508 g/mol. The van der Waals surface area contributed by atoms with Crippen molar-refractivity contribution < 1.29 is 9.59 Å². The van der Waals surface area contributed by atoms with Crippen molar-refractivity contribution >= 4 is 54.9 Å². The Morgan fingerprint density at radius 1 is 1.19 bits per heavy atom. The number of anilines is 1. The first-order valence-electron chi connectivity index (χ1n) is 9.84. The Morgan fingerprint density at radius 2 is 1.94 bits per heavy atom. The zero-order valence-corrected chi connectivity index (χ0v) is 19.6. The molecule has 0 saturated heterocycles. The van der Waals surface area contributed by atoms with Crippen LogP contribution in [-0.2, 0) is 0 Å². The van der Waals surface area contributed by atoms with Crippen molar-refractivity contribution in [1.82, 2.24) is 9.88 Å². The van der Waals surface area contributed by atoms with Crippen molar-refractivity contribution in [2.45, 2.75) is 13.8 Å². The Hall–Kier alpha value is -3.42. The number of fused-ring (bicyclic) bond motifs is 1. The van der Waals surface area contributed by atoms with E-state index in [4.69, 9.17) is 0 Å². The Morgan fingerprint density at radius 3 is 2.59 bits per heavy atom. The van der Waals surface area contributed by atoms with Gasteiger partial charge in [0.2, 0.25) is 0 Å². The first kappa shape index (κ1) is 21.8. The van der Waals surface area contributed by atoms with Gasteiger partial charge < -0.3 is 5.32 Å². The minimum absolute atomic E-state index is 0.149. The van der Waals surface area contributed by atoms with Crippen molar-refractivity contribution in [3.8, 4) is 17.3 Å². The second-order valence-electron chi connectivity index (χ2n) is 6.74. The van der Waals surface area contributed by atoms with Crippen molar-refractivity contribution in [2.24, 2.45) is 10.2 Å². The number of carbonyl (C=O) groups is 2. The van der Waals surface area contributed by atoms with Crippen molar-refractivity contribution in [1.29, 1.82) is 5.26 Å². The standard InChI is InChI=1S/C22H17BrN6O2S/c1-3-25-22-26-18(12-8-6-5-7-9-12)19(32-22)28-27-17-13(11-24)10-14-15(16(17)23)21(31)29(4-2)20(14)30/h5-10H,3-4H2,1-2H3,(H,25,26). The van der Waals surface area contributed by atoms with Crippen LogP contribution in [0.1, 0.15) is 40.1 Å². The summed E-state index contributed by atoms with van der Waals surface area (Å²) in [6.07, 6.45) is 0. The van der Waals surface area contributed by atoms with Crippen LogP contribution in [0.3, 0.4) is 0 Å². The number of azo groups is 1. The van der Waals surface area contributed by atoms with Crippen LogP contribution in [0.2, 0.25) is 0 Å². The summed E-state index contributed by atoms with van der Waals surface area (Å²) in [6, 6.07) is 13.1. The molecular formula is C22H17BrN6O2S. The zero-order valence-electron chi connectivity index (χ0n) is 17.2. The number of hydrogen-bond acceptors (Lipinski definition) is 8. The Labute approximate surface area is 196 Å². The molecule has 2 heterocycles. The maximum absolute atomic E-state index is 12.7. The number of halogens is 1. The third-order valence-electron chi connectivity index (χ3n) is 4.84. The number of rotatable bonds is 6. The van der Waals surface area contributed by atoms with Gasteiger partial charge in [-0.1, -0.05) is 41.7 Å². The Bertz CT molecular complexity index is 1300. The molecule has 1 aliphatic rings. The van der Waals surface area contributed by atoms with E-state index in [-0.39, 0.29) is 33.4 Å². The lowest BCUT2D eigenvalue weighted by Crippen LogP contribution is -2.29. The van der Waals surface area contributed by atoms with Crippen LogP contribution in [0.4, 0.5) is 15.8 Å². The number of amides is 2. The van der Waals surface area contributed by atoms with E-state index in [2.05, 4.69) is 42.5 Å². The van der Waals surface area contributed by atoms with Crippen LogP contribution in [0, 0.1) is 11.3 Å². The van der Waals surface area contributed by atoms with Crippen LogP contribution in [-0.4, -0.2) is 34.8 Å². The molecule has 160 valence electrons. The molecular weight excluding hydrogens is 492 g/mol. The first-order chi connectivity index (χ1) is 15.5. The van der Waals surface area contributed by atoms with E-state index in [1.165, 1.54) is 17.4 Å². The van der Waals surface area contributed by atoms with Crippen LogP contribution in [0.25, 0.3) is 11.3 Å². The van der Waals surface area contributed by atoms with E-state index in [0.29, 0.717) is 22.4 Å². The minimum atomic E-state index is -0.419. The predicted octanol–water partition coefficient (Wildman–Crippen LogP) is 5.91. The number of carbonyl (C=O) groups excluding carboxylic acids is 2. The molecule has 10 heteroatoms. The lowest BCUT2D eigenvalue weighted by atomic mass is 10.0. The van der Waals surface area contributed by atoms with Gasteiger partial charge >= 0.3 is 0 Å². The lowest BCUT2D eigenvalue weighted by Gasteiger charge is -2.09. The molecule has 0 saturated carbocycles. The summed E-state index contributed by atoms with van der Waals surface area (Å²) in [5.74, 6) is -0.838. The number of benzene rings is 2. The summed E-state index contributed by atoms with van der Waals surface area (Å²) in [4.78, 5) is 31.0. The van der Waals surface area contributed by atoms with Gasteiger partial charge in [0, 0.05) is 18.7 Å². The molecule has 4 rings (SSSR count). The highest BCUT2D eigenvalue weighted by molar-refractivity contribution is 9.10. The quantitative estimate of drug-likeness (QED) is 0.328. The van der Waals surface area contributed by atoms with Crippen LogP contribution < -0.4 is 5.32 Å². The van der Waals surface area contributed by atoms with E-state index in [0.717, 1.165) is 10.5 Å². The molecule has 2 aromatic carbocycles. The van der Waals surface area contributed by atoms with Gasteiger partial charge in [0.15, 0.2) is 10.1 Å². The van der Waals surface area contributed by atoms with Gasteiger partial charge in [-0.15, -0.1) is 10.2 Å². The van der Waals surface area contributed by atoms with E-state index in [1.54, 1.807) is 6.92 Å². The Kier molecular flexibility index (Phi) is 6.12. The lowest BCUT2D eigenvalue weighted by molar-refractivity contribution is 0.0662. The molecule has 0 aliphatic carbocycles. The topological polar surface area (TPSA) is 111 Å². The molecule has 0 unspecified atom stereocenters. The smallest absolute Gasteiger partial charge is 0.262 e. The van der Waals surface area contributed by atoms with Gasteiger partial charge in [0.05, 0.1) is 21.2 Å². The maximum atomic E-state index is 12.7. The average molecular weight is 509 g/mol. The van der Waals surface area contributed by atoms with Gasteiger partial charge in [0.1, 0.15) is 17.5 Å². The maximum Gasteiger partial charge on any atom is 0.262 e. The fraction of sp³-hybridized carbons (Fsp3) is 0.182. The summed E-state index contributed by atoms with van der Waals surface area (Å²) < 4.78 is 0.280. The van der Waals surface area contributed by atoms with Crippen LogP contribution in [0.15, 0.2) is 51.1 Å². The largest absolute Gasteiger partial charge is 0.362 e. The highest BCUT2D eigenvalue weighted by Gasteiger charge is 2.38. The molecule has 0 atom stereocenters. The average Bonchev–Trinajstić information content (AvgIpc) is 3.31. The minimum Gasteiger partial charge on any atom is -0.362 e. The van der Waals surface area contributed by atoms with Gasteiger partial charge in [-0.25, -0.2) is 4.98 Å². The second-order valence-corrected chi connectivity index (χ2v) is 8.52. The highest BCUT2D eigenvalue weighted by Crippen LogP contribution is 2.42.